The van der Waals surface area contributed by atoms with Crippen LogP contribution < -0.4 is 15.0 Å². The average Bonchev–Trinajstić information content (AvgIpc) is 2.62. The second kappa shape index (κ2) is 7.00. The number of benzene rings is 2. The third-order valence-corrected chi connectivity index (χ3v) is 3.77. The first kappa shape index (κ1) is 15.8. The van der Waals surface area contributed by atoms with Gasteiger partial charge >= 0.3 is 0 Å². The standard InChI is InChI=1S/C19H18N2O3/c1-2-11-20-19(23)15-9-7-14(8-10-15)12-21-16-5-3-4-6-17(16)24-13-18(21)22/h2-10H,1,11-13H2,(H,20,23). The third-order valence-electron chi connectivity index (χ3n) is 3.77. The molecule has 1 aliphatic heterocycles. The van der Waals surface area contributed by atoms with E-state index in [4.69, 9.17) is 4.74 Å². The van der Waals surface area contributed by atoms with Crippen molar-refractivity contribution in [3.63, 3.8) is 0 Å². The van der Waals surface area contributed by atoms with Crippen molar-refractivity contribution in [2.24, 2.45) is 0 Å². The van der Waals surface area contributed by atoms with Gasteiger partial charge in [-0.15, -0.1) is 6.58 Å². The molecular formula is C19H18N2O3. The van der Waals surface area contributed by atoms with Gasteiger partial charge in [0.15, 0.2) is 6.61 Å². The van der Waals surface area contributed by atoms with Crippen LogP contribution in [0.1, 0.15) is 15.9 Å². The number of rotatable bonds is 5. The minimum atomic E-state index is -0.144. The molecule has 5 heteroatoms. The summed E-state index contributed by atoms with van der Waals surface area (Å²) in [6.07, 6.45) is 1.63. The zero-order valence-electron chi connectivity index (χ0n) is 13.2. The number of amides is 2. The Morgan fingerprint density at radius 2 is 1.96 bits per heavy atom. The summed E-state index contributed by atoms with van der Waals surface area (Å²) in [6.45, 7) is 4.48. The summed E-state index contributed by atoms with van der Waals surface area (Å²) < 4.78 is 5.44. The molecule has 3 rings (SSSR count). The molecular weight excluding hydrogens is 304 g/mol. The highest BCUT2D eigenvalue weighted by atomic mass is 16.5. The summed E-state index contributed by atoms with van der Waals surface area (Å²) in [5.74, 6) is 0.480. The molecule has 0 saturated carbocycles. The van der Waals surface area contributed by atoms with Crippen LogP contribution in [0.25, 0.3) is 0 Å². The van der Waals surface area contributed by atoms with Crippen molar-refractivity contribution in [2.45, 2.75) is 6.54 Å². The maximum atomic E-state index is 12.2. The highest BCUT2D eigenvalue weighted by Crippen LogP contribution is 2.32. The van der Waals surface area contributed by atoms with Crippen LogP contribution >= 0.6 is 0 Å². The maximum absolute atomic E-state index is 12.2. The fraction of sp³-hybridized carbons (Fsp3) is 0.158. The fourth-order valence-corrected chi connectivity index (χ4v) is 2.54. The molecule has 1 aliphatic rings. The number of hydrogen-bond acceptors (Lipinski definition) is 3. The molecule has 0 unspecified atom stereocenters. The molecule has 0 aromatic heterocycles. The summed E-state index contributed by atoms with van der Waals surface area (Å²) in [7, 11) is 0. The van der Waals surface area contributed by atoms with Gasteiger partial charge in [-0.3, -0.25) is 9.59 Å². The van der Waals surface area contributed by atoms with Crippen molar-refractivity contribution in [3.05, 3.63) is 72.3 Å². The summed E-state index contributed by atoms with van der Waals surface area (Å²) in [5, 5.41) is 2.73. The van der Waals surface area contributed by atoms with E-state index in [0.29, 0.717) is 24.4 Å². The second-order valence-corrected chi connectivity index (χ2v) is 5.43. The van der Waals surface area contributed by atoms with Gasteiger partial charge in [0, 0.05) is 12.1 Å². The first-order valence-corrected chi connectivity index (χ1v) is 7.69. The predicted molar refractivity (Wildman–Crippen MR) is 92.1 cm³/mol. The van der Waals surface area contributed by atoms with Crippen LogP contribution in [-0.2, 0) is 11.3 Å². The van der Waals surface area contributed by atoms with Crippen molar-refractivity contribution in [3.8, 4) is 5.75 Å². The van der Waals surface area contributed by atoms with Gasteiger partial charge in [0.1, 0.15) is 5.75 Å². The molecule has 1 N–H and O–H groups in total. The molecule has 5 nitrogen and oxygen atoms in total. The molecule has 0 spiro atoms. The Balaban J connectivity index is 1.75. The molecule has 0 saturated heterocycles. The number of nitrogens with zero attached hydrogens (tertiary/aromatic N) is 1. The van der Waals surface area contributed by atoms with E-state index in [1.807, 2.05) is 36.4 Å². The van der Waals surface area contributed by atoms with Crippen LogP contribution in [0.3, 0.4) is 0 Å². The molecule has 0 bridgehead atoms. The maximum Gasteiger partial charge on any atom is 0.265 e. The number of carbonyl (C=O) groups excluding carboxylic acids is 2. The monoisotopic (exact) mass is 322 g/mol. The summed E-state index contributed by atoms with van der Waals surface area (Å²) in [5.41, 5.74) is 2.29. The second-order valence-electron chi connectivity index (χ2n) is 5.43. The summed E-state index contributed by atoms with van der Waals surface area (Å²) >= 11 is 0. The van der Waals surface area contributed by atoms with E-state index in [-0.39, 0.29) is 18.4 Å². The Morgan fingerprint density at radius 3 is 2.71 bits per heavy atom. The lowest BCUT2D eigenvalue weighted by atomic mass is 10.1. The Kier molecular flexibility index (Phi) is 4.61. The van der Waals surface area contributed by atoms with E-state index in [1.54, 1.807) is 23.1 Å². The van der Waals surface area contributed by atoms with E-state index in [2.05, 4.69) is 11.9 Å². The lowest BCUT2D eigenvalue weighted by Gasteiger charge is -2.29. The van der Waals surface area contributed by atoms with Crippen LogP contribution in [-0.4, -0.2) is 25.0 Å². The van der Waals surface area contributed by atoms with Crippen molar-refractivity contribution in [2.75, 3.05) is 18.1 Å². The smallest absolute Gasteiger partial charge is 0.265 e. The van der Waals surface area contributed by atoms with Crippen molar-refractivity contribution < 1.29 is 14.3 Å². The summed E-state index contributed by atoms with van der Waals surface area (Å²) in [4.78, 5) is 25.8. The van der Waals surface area contributed by atoms with Crippen molar-refractivity contribution in [1.82, 2.24) is 5.32 Å². The quantitative estimate of drug-likeness (QED) is 0.861. The highest BCUT2D eigenvalue weighted by Gasteiger charge is 2.25. The first-order chi connectivity index (χ1) is 11.7. The number of ether oxygens (including phenoxy) is 1. The predicted octanol–water partition coefficient (Wildman–Crippen LogP) is 2.53. The fourth-order valence-electron chi connectivity index (χ4n) is 2.54. The molecule has 0 atom stereocenters. The van der Waals surface area contributed by atoms with Gasteiger partial charge in [0.2, 0.25) is 0 Å². The van der Waals surface area contributed by atoms with E-state index >= 15 is 0 Å². The number of hydrogen-bond donors (Lipinski definition) is 1. The van der Waals surface area contributed by atoms with Crippen LogP contribution in [0.5, 0.6) is 5.75 Å². The number of carbonyl (C=O) groups is 2. The Hall–Kier alpha value is -3.08. The number of fused-ring (bicyclic) bond motifs is 1. The number of para-hydroxylation sites is 2. The van der Waals surface area contributed by atoms with Gasteiger partial charge in [-0.1, -0.05) is 30.3 Å². The van der Waals surface area contributed by atoms with Crippen LogP contribution in [0, 0.1) is 0 Å². The molecule has 1 heterocycles. The highest BCUT2D eigenvalue weighted by molar-refractivity contribution is 5.98. The number of nitrogens with one attached hydrogen (secondary N) is 1. The van der Waals surface area contributed by atoms with E-state index in [0.717, 1.165) is 11.3 Å². The van der Waals surface area contributed by atoms with Gasteiger partial charge in [-0.2, -0.15) is 0 Å². The Morgan fingerprint density at radius 1 is 1.21 bits per heavy atom. The minimum Gasteiger partial charge on any atom is -0.482 e. The largest absolute Gasteiger partial charge is 0.482 e. The molecule has 0 radical (unpaired) electrons. The minimum absolute atomic E-state index is 0.0407. The molecule has 122 valence electrons. The van der Waals surface area contributed by atoms with Gasteiger partial charge in [-0.05, 0) is 29.8 Å². The van der Waals surface area contributed by atoms with E-state index in [9.17, 15) is 9.59 Å². The molecule has 2 aromatic carbocycles. The number of anilines is 1. The third kappa shape index (κ3) is 3.30. The van der Waals surface area contributed by atoms with Gasteiger partial charge in [0.25, 0.3) is 11.8 Å². The Labute approximate surface area is 140 Å². The van der Waals surface area contributed by atoms with Gasteiger partial charge in [-0.25, -0.2) is 0 Å². The lowest BCUT2D eigenvalue weighted by Crippen LogP contribution is -2.38. The average molecular weight is 322 g/mol. The molecule has 2 aromatic rings. The normalized spacial score (nSPS) is 13.0. The van der Waals surface area contributed by atoms with E-state index < -0.39 is 0 Å². The molecule has 2 amide bonds. The van der Waals surface area contributed by atoms with Gasteiger partial charge in [0.05, 0.1) is 12.2 Å². The van der Waals surface area contributed by atoms with Gasteiger partial charge < -0.3 is 15.0 Å². The van der Waals surface area contributed by atoms with Crippen molar-refractivity contribution >= 4 is 17.5 Å². The first-order valence-electron chi connectivity index (χ1n) is 7.69. The molecule has 0 fully saturated rings. The SMILES string of the molecule is C=CCNC(=O)c1ccc(CN2C(=O)COc3ccccc32)cc1. The van der Waals surface area contributed by atoms with Crippen LogP contribution in [0.15, 0.2) is 61.2 Å². The lowest BCUT2D eigenvalue weighted by molar-refractivity contribution is -0.121. The summed E-state index contributed by atoms with van der Waals surface area (Å²) in [6, 6.07) is 14.7. The molecule has 0 aliphatic carbocycles. The van der Waals surface area contributed by atoms with E-state index in [1.165, 1.54) is 0 Å². The van der Waals surface area contributed by atoms with Crippen LogP contribution in [0.2, 0.25) is 0 Å². The van der Waals surface area contributed by atoms with Crippen molar-refractivity contribution in [1.29, 1.82) is 0 Å². The molecule has 24 heavy (non-hydrogen) atoms. The topological polar surface area (TPSA) is 58.6 Å². The Bertz CT molecular complexity index is 768. The zero-order chi connectivity index (χ0) is 16.9. The zero-order valence-corrected chi connectivity index (χ0v) is 13.2. The van der Waals surface area contributed by atoms with Crippen LogP contribution in [0.4, 0.5) is 5.69 Å².